The maximum absolute atomic E-state index is 13.8. The number of thiophene rings is 1. The molecule has 202 valence electrons. The Bertz CT molecular complexity index is 1330. The van der Waals surface area contributed by atoms with Gasteiger partial charge in [-0.1, -0.05) is 25.1 Å². The van der Waals surface area contributed by atoms with Crippen LogP contribution in [0.25, 0.3) is 10.4 Å². The maximum Gasteiger partial charge on any atom is 0.344 e. The molecule has 4 aliphatic rings. The largest absolute Gasteiger partial charge is 0.496 e. The van der Waals surface area contributed by atoms with Crippen molar-refractivity contribution in [3.63, 3.8) is 0 Å². The summed E-state index contributed by atoms with van der Waals surface area (Å²) in [6, 6.07) is 7.49. The molecule has 0 radical (unpaired) electrons. The summed E-state index contributed by atoms with van der Waals surface area (Å²) in [5.74, 6) is -0.602. The average Bonchev–Trinajstić information content (AvgIpc) is 3.64. The van der Waals surface area contributed by atoms with E-state index in [9.17, 15) is 14.7 Å². The van der Waals surface area contributed by atoms with Gasteiger partial charge in [0.1, 0.15) is 5.75 Å². The molecule has 1 saturated heterocycles. The number of esters is 2. The Morgan fingerprint density at radius 3 is 2.66 bits per heavy atom. The van der Waals surface area contributed by atoms with E-state index >= 15 is 0 Å². The molecule has 1 spiro atoms. The number of anilines is 1. The Kier molecular flexibility index (Phi) is 5.72. The number of carbonyl (C=O) groups excluding carboxylic acids is 2. The van der Waals surface area contributed by atoms with Gasteiger partial charge in [-0.05, 0) is 42.5 Å². The van der Waals surface area contributed by atoms with E-state index in [4.69, 9.17) is 14.2 Å². The quantitative estimate of drug-likeness (QED) is 0.458. The first-order chi connectivity index (χ1) is 18.2. The fourth-order valence-electron chi connectivity index (χ4n) is 8.38. The molecular weight excluding hydrogens is 504 g/mol. The summed E-state index contributed by atoms with van der Waals surface area (Å²) in [5, 5.41) is 14.8. The Hall–Kier alpha value is -2.88. The number of methoxy groups -OCH3 is 2. The van der Waals surface area contributed by atoms with Gasteiger partial charge in [0, 0.05) is 59.6 Å². The Labute approximate surface area is 226 Å². The van der Waals surface area contributed by atoms with Crippen molar-refractivity contribution in [1.82, 2.24) is 4.90 Å². The normalized spacial score (nSPS) is 34.9. The lowest BCUT2D eigenvalue weighted by Gasteiger charge is -2.63. The Morgan fingerprint density at radius 1 is 1.24 bits per heavy atom. The van der Waals surface area contributed by atoms with Crippen molar-refractivity contribution in [2.75, 3.05) is 39.3 Å². The summed E-state index contributed by atoms with van der Waals surface area (Å²) in [6.07, 6.45) is 4.36. The van der Waals surface area contributed by atoms with E-state index in [2.05, 4.69) is 29.2 Å². The topological polar surface area (TPSA) is 88.5 Å². The molecule has 1 aliphatic carbocycles. The van der Waals surface area contributed by atoms with E-state index in [-0.39, 0.29) is 6.04 Å². The van der Waals surface area contributed by atoms with E-state index < -0.39 is 40.5 Å². The van der Waals surface area contributed by atoms with Crippen LogP contribution < -0.4 is 9.64 Å². The fraction of sp³-hybridized carbons (Fsp3) is 0.517. The van der Waals surface area contributed by atoms with E-state index in [1.165, 1.54) is 14.0 Å². The first-order valence-electron chi connectivity index (χ1n) is 13.1. The summed E-state index contributed by atoms with van der Waals surface area (Å²) in [5.41, 5.74) is -0.568. The van der Waals surface area contributed by atoms with Gasteiger partial charge in [0.2, 0.25) is 5.60 Å². The lowest BCUT2D eigenvalue weighted by molar-refractivity contribution is -0.228. The summed E-state index contributed by atoms with van der Waals surface area (Å²) >= 11 is 1.64. The van der Waals surface area contributed by atoms with Crippen molar-refractivity contribution in [3.05, 3.63) is 47.4 Å². The molecule has 38 heavy (non-hydrogen) atoms. The van der Waals surface area contributed by atoms with E-state index in [0.29, 0.717) is 6.42 Å². The van der Waals surface area contributed by atoms with E-state index in [0.717, 1.165) is 47.0 Å². The molecule has 2 aromatic rings. The molecule has 0 amide bonds. The second-order valence-electron chi connectivity index (χ2n) is 10.9. The molecule has 4 heterocycles. The third kappa shape index (κ3) is 2.92. The average molecular weight is 539 g/mol. The van der Waals surface area contributed by atoms with Crippen LogP contribution in [0.15, 0.2) is 41.8 Å². The number of likely N-dealkylation sites (N-methyl/N-ethyl adjacent to an activating group) is 1. The summed E-state index contributed by atoms with van der Waals surface area (Å²) in [7, 11) is 4.84. The van der Waals surface area contributed by atoms with Crippen molar-refractivity contribution in [1.29, 1.82) is 0 Å². The van der Waals surface area contributed by atoms with Crippen LogP contribution in [0.3, 0.4) is 0 Å². The monoisotopic (exact) mass is 538 g/mol. The molecule has 6 rings (SSSR count). The summed E-state index contributed by atoms with van der Waals surface area (Å²) in [4.78, 5) is 31.8. The molecule has 1 aromatic heterocycles. The first-order valence-corrected chi connectivity index (χ1v) is 14.0. The van der Waals surface area contributed by atoms with E-state index in [1.807, 2.05) is 36.4 Å². The highest BCUT2D eigenvalue weighted by Gasteiger charge is 2.80. The number of fused-ring (bicyclic) bond motifs is 1. The minimum atomic E-state index is -2.12. The zero-order valence-corrected chi connectivity index (χ0v) is 23.2. The van der Waals surface area contributed by atoms with Gasteiger partial charge in [-0.2, -0.15) is 0 Å². The van der Waals surface area contributed by atoms with Gasteiger partial charge in [-0.25, -0.2) is 4.79 Å². The van der Waals surface area contributed by atoms with Crippen LogP contribution in [0.2, 0.25) is 0 Å². The number of carbonyl (C=O) groups is 2. The third-order valence-electron chi connectivity index (χ3n) is 9.52. The first kappa shape index (κ1) is 25.4. The molecule has 3 aliphatic heterocycles. The third-order valence-corrected chi connectivity index (χ3v) is 10.4. The van der Waals surface area contributed by atoms with Gasteiger partial charge < -0.3 is 24.2 Å². The molecule has 2 fully saturated rings. The van der Waals surface area contributed by atoms with Crippen LogP contribution in [-0.2, 0) is 24.5 Å². The summed E-state index contributed by atoms with van der Waals surface area (Å²) in [6.45, 7) is 4.93. The minimum absolute atomic E-state index is 0.0995. The lowest BCUT2D eigenvalue weighted by atomic mass is 9.47. The highest BCUT2D eigenvalue weighted by Crippen LogP contribution is 2.67. The summed E-state index contributed by atoms with van der Waals surface area (Å²) < 4.78 is 17.1. The molecule has 1 saturated carbocycles. The molecule has 1 aromatic carbocycles. The minimum Gasteiger partial charge on any atom is -0.496 e. The van der Waals surface area contributed by atoms with Gasteiger partial charge in [-0.15, -0.1) is 11.3 Å². The van der Waals surface area contributed by atoms with E-state index in [1.54, 1.807) is 18.4 Å². The predicted octanol–water partition coefficient (Wildman–Crippen LogP) is 3.37. The van der Waals surface area contributed by atoms with Crippen LogP contribution in [0.4, 0.5) is 5.69 Å². The van der Waals surface area contributed by atoms with Crippen molar-refractivity contribution in [2.45, 2.75) is 55.9 Å². The van der Waals surface area contributed by atoms with Crippen LogP contribution >= 0.6 is 11.3 Å². The van der Waals surface area contributed by atoms with Crippen molar-refractivity contribution in [3.8, 4) is 16.2 Å². The number of ether oxygens (including phenoxy) is 3. The van der Waals surface area contributed by atoms with Gasteiger partial charge in [-0.3, -0.25) is 9.69 Å². The highest BCUT2D eigenvalue weighted by atomic mass is 32.1. The number of hydrogen-bond donors (Lipinski definition) is 1. The molecule has 8 nitrogen and oxygen atoms in total. The number of rotatable bonds is 5. The molecule has 9 heteroatoms. The Balaban J connectivity index is 1.70. The lowest BCUT2D eigenvalue weighted by Crippen LogP contribution is -2.81. The smallest absolute Gasteiger partial charge is 0.344 e. The zero-order valence-electron chi connectivity index (χ0n) is 22.4. The van der Waals surface area contributed by atoms with Crippen molar-refractivity contribution < 1.29 is 28.9 Å². The highest BCUT2D eigenvalue weighted by molar-refractivity contribution is 7.13. The Morgan fingerprint density at radius 2 is 2.03 bits per heavy atom. The van der Waals surface area contributed by atoms with Gasteiger partial charge >= 0.3 is 11.9 Å². The standard InChI is InChI=1S/C29H34N2O6S/c1-6-27-10-8-12-31-13-11-28(23(27)31)19-15-18(22-9-7-14-38-22)21(35-4)16-20(19)30(3)24(28)29(34,26(33)36-5)25(27)37-17(2)32/h7-10,14-16,23-25,34H,6,11-13H2,1-5H3/t23-,24+,25+,27+,28+,29-/m0/s1. The SMILES string of the molecule is CC[C@]12C=CCN3CC[C@@]4(c5cc(-c6cccs6)c(OC)cc5N(C)[C@H]4[C@@](O)(C(=O)OC)[C@@H]1OC(C)=O)[C@@H]32. The van der Waals surface area contributed by atoms with Crippen LogP contribution in [0.1, 0.15) is 32.3 Å². The molecular formula is C29H34N2O6S. The van der Waals surface area contributed by atoms with Crippen molar-refractivity contribution >= 4 is 29.0 Å². The van der Waals surface area contributed by atoms with Crippen LogP contribution in [0.5, 0.6) is 5.75 Å². The molecule has 0 unspecified atom stereocenters. The fourth-order valence-corrected chi connectivity index (χ4v) is 9.13. The van der Waals surface area contributed by atoms with Gasteiger partial charge in [0.15, 0.2) is 6.10 Å². The van der Waals surface area contributed by atoms with Gasteiger partial charge in [0.05, 0.1) is 20.3 Å². The molecule has 1 N–H and O–H groups in total. The number of aliphatic hydroxyl groups is 1. The van der Waals surface area contributed by atoms with Crippen LogP contribution in [-0.4, -0.2) is 80.1 Å². The second-order valence-corrected chi connectivity index (χ2v) is 11.9. The number of benzene rings is 1. The molecule has 0 bridgehead atoms. The second kappa shape index (κ2) is 8.56. The van der Waals surface area contributed by atoms with Crippen LogP contribution in [0, 0.1) is 5.41 Å². The maximum atomic E-state index is 13.8. The zero-order chi connectivity index (χ0) is 27.0. The van der Waals surface area contributed by atoms with Gasteiger partial charge in [0.25, 0.3) is 0 Å². The molecule has 6 atom stereocenters. The number of hydrogen-bond acceptors (Lipinski definition) is 9. The van der Waals surface area contributed by atoms with Crippen molar-refractivity contribution in [2.24, 2.45) is 5.41 Å². The predicted molar refractivity (Wildman–Crippen MR) is 145 cm³/mol. The number of nitrogens with zero attached hydrogens (tertiary/aromatic N) is 2.